The topological polar surface area (TPSA) is 57.9 Å². The number of nitrogens with zero attached hydrogens (tertiary/aromatic N) is 2. The standard InChI is InChI=1S/C10H18N4/c1-6-10-8(13-12-6)4-7(11)5-9(10)14(2)3/h7,9H,4-5,11H2,1-3H3,(H,12,13). The van der Waals surface area contributed by atoms with Gasteiger partial charge in [0.05, 0.1) is 5.69 Å². The Labute approximate surface area is 84.5 Å². The van der Waals surface area contributed by atoms with E-state index in [0.29, 0.717) is 6.04 Å². The van der Waals surface area contributed by atoms with E-state index in [1.165, 1.54) is 11.3 Å². The Balaban J connectivity index is 2.41. The van der Waals surface area contributed by atoms with E-state index in [4.69, 9.17) is 5.73 Å². The van der Waals surface area contributed by atoms with E-state index in [9.17, 15) is 0 Å². The molecule has 0 saturated heterocycles. The molecular weight excluding hydrogens is 176 g/mol. The van der Waals surface area contributed by atoms with Gasteiger partial charge in [0.1, 0.15) is 0 Å². The summed E-state index contributed by atoms with van der Waals surface area (Å²) in [7, 11) is 4.19. The van der Waals surface area contributed by atoms with Gasteiger partial charge in [0.2, 0.25) is 0 Å². The third-order valence-corrected chi connectivity index (χ3v) is 3.01. The van der Waals surface area contributed by atoms with Crippen LogP contribution in [0.4, 0.5) is 0 Å². The molecule has 0 bridgehead atoms. The van der Waals surface area contributed by atoms with Crippen LogP contribution in [0.15, 0.2) is 0 Å². The highest BCUT2D eigenvalue weighted by molar-refractivity contribution is 5.31. The molecule has 0 amide bonds. The Bertz CT molecular complexity index is 329. The molecule has 1 aromatic heterocycles. The lowest BCUT2D eigenvalue weighted by molar-refractivity contribution is 0.254. The number of aromatic nitrogens is 2. The Kier molecular flexibility index (Phi) is 2.33. The molecule has 3 N–H and O–H groups in total. The SMILES string of the molecule is Cc1[nH]nc2c1C(N(C)C)CC(N)C2. The molecule has 4 nitrogen and oxygen atoms in total. The van der Waals surface area contributed by atoms with Gasteiger partial charge in [-0.05, 0) is 27.4 Å². The average molecular weight is 194 g/mol. The smallest absolute Gasteiger partial charge is 0.0688 e. The summed E-state index contributed by atoms with van der Waals surface area (Å²) in [6.45, 7) is 2.08. The van der Waals surface area contributed by atoms with Crippen LogP contribution in [0.5, 0.6) is 0 Å². The van der Waals surface area contributed by atoms with Crippen molar-refractivity contribution in [3.05, 3.63) is 17.0 Å². The zero-order valence-corrected chi connectivity index (χ0v) is 9.04. The second-order valence-electron chi connectivity index (χ2n) is 4.39. The number of nitrogens with two attached hydrogens (primary N) is 1. The highest BCUT2D eigenvalue weighted by Gasteiger charge is 2.29. The Morgan fingerprint density at radius 2 is 2.21 bits per heavy atom. The summed E-state index contributed by atoms with van der Waals surface area (Å²) in [4.78, 5) is 2.22. The minimum absolute atomic E-state index is 0.248. The maximum absolute atomic E-state index is 6.01. The predicted molar refractivity (Wildman–Crippen MR) is 56.0 cm³/mol. The number of aryl methyl sites for hydroxylation is 1. The van der Waals surface area contributed by atoms with E-state index in [1.54, 1.807) is 0 Å². The highest BCUT2D eigenvalue weighted by atomic mass is 15.2. The first kappa shape index (κ1) is 9.68. The van der Waals surface area contributed by atoms with Crippen molar-refractivity contribution in [2.75, 3.05) is 14.1 Å². The predicted octanol–water partition coefficient (Wildman–Crippen LogP) is 0.594. The fourth-order valence-electron chi connectivity index (χ4n) is 2.29. The number of aromatic amines is 1. The van der Waals surface area contributed by atoms with Crippen molar-refractivity contribution in [1.29, 1.82) is 0 Å². The van der Waals surface area contributed by atoms with Gasteiger partial charge in [-0.2, -0.15) is 5.10 Å². The minimum atomic E-state index is 0.248. The van der Waals surface area contributed by atoms with E-state index in [0.717, 1.165) is 18.5 Å². The zero-order chi connectivity index (χ0) is 10.3. The first-order valence-corrected chi connectivity index (χ1v) is 5.05. The van der Waals surface area contributed by atoms with Crippen molar-refractivity contribution < 1.29 is 0 Å². The Hall–Kier alpha value is -0.870. The lowest BCUT2D eigenvalue weighted by atomic mass is 9.87. The number of hydrogen-bond donors (Lipinski definition) is 2. The Morgan fingerprint density at radius 3 is 2.86 bits per heavy atom. The van der Waals surface area contributed by atoms with Gasteiger partial charge in [0.15, 0.2) is 0 Å². The van der Waals surface area contributed by atoms with E-state index in [-0.39, 0.29) is 6.04 Å². The number of rotatable bonds is 1. The first-order valence-electron chi connectivity index (χ1n) is 5.05. The van der Waals surface area contributed by atoms with Crippen LogP contribution >= 0.6 is 0 Å². The van der Waals surface area contributed by atoms with Gasteiger partial charge in [-0.25, -0.2) is 0 Å². The Morgan fingerprint density at radius 1 is 1.50 bits per heavy atom. The molecule has 14 heavy (non-hydrogen) atoms. The lowest BCUT2D eigenvalue weighted by Gasteiger charge is -2.31. The van der Waals surface area contributed by atoms with Crippen LogP contribution < -0.4 is 5.73 Å². The molecule has 0 saturated carbocycles. The highest BCUT2D eigenvalue weighted by Crippen LogP contribution is 2.33. The third kappa shape index (κ3) is 1.44. The van der Waals surface area contributed by atoms with Crippen LogP contribution in [-0.4, -0.2) is 35.2 Å². The zero-order valence-electron chi connectivity index (χ0n) is 9.04. The van der Waals surface area contributed by atoms with Gasteiger partial charge in [0, 0.05) is 29.8 Å². The fourth-order valence-corrected chi connectivity index (χ4v) is 2.29. The van der Waals surface area contributed by atoms with Crippen molar-refractivity contribution in [2.24, 2.45) is 5.73 Å². The molecule has 0 fully saturated rings. The van der Waals surface area contributed by atoms with Crippen molar-refractivity contribution >= 4 is 0 Å². The van der Waals surface area contributed by atoms with E-state index in [1.807, 2.05) is 0 Å². The molecule has 0 aliphatic heterocycles. The molecule has 4 heteroatoms. The summed E-state index contributed by atoms with van der Waals surface area (Å²) in [6.07, 6.45) is 1.93. The molecule has 2 unspecified atom stereocenters. The summed E-state index contributed by atoms with van der Waals surface area (Å²) in [5.41, 5.74) is 9.70. The van der Waals surface area contributed by atoms with Crippen LogP contribution in [0.1, 0.15) is 29.4 Å². The summed E-state index contributed by atoms with van der Waals surface area (Å²) in [5, 5.41) is 7.36. The molecular formula is C10H18N4. The lowest BCUT2D eigenvalue weighted by Crippen LogP contribution is -2.35. The van der Waals surface area contributed by atoms with Crippen molar-refractivity contribution in [1.82, 2.24) is 15.1 Å². The average Bonchev–Trinajstić information content (AvgIpc) is 2.46. The molecule has 0 radical (unpaired) electrons. The van der Waals surface area contributed by atoms with Crippen molar-refractivity contribution in [2.45, 2.75) is 31.8 Å². The molecule has 2 rings (SSSR count). The summed E-state index contributed by atoms with van der Waals surface area (Å²) in [5.74, 6) is 0. The minimum Gasteiger partial charge on any atom is -0.327 e. The van der Waals surface area contributed by atoms with Crippen LogP contribution in [-0.2, 0) is 6.42 Å². The molecule has 1 heterocycles. The number of H-pyrrole nitrogens is 1. The van der Waals surface area contributed by atoms with Gasteiger partial charge in [-0.3, -0.25) is 5.10 Å². The van der Waals surface area contributed by atoms with Gasteiger partial charge in [-0.1, -0.05) is 0 Å². The number of hydrogen-bond acceptors (Lipinski definition) is 3. The van der Waals surface area contributed by atoms with Gasteiger partial charge >= 0.3 is 0 Å². The van der Waals surface area contributed by atoms with Crippen LogP contribution in [0.2, 0.25) is 0 Å². The summed E-state index contributed by atoms with van der Waals surface area (Å²) < 4.78 is 0. The van der Waals surface area contributed by atoms with Crippen LogP contribution in [0.3, 0.4) is 0 Å². The van der Waals surface area contributed by atoms with Gasteiger partial charge in [0.25, 0.3) is 0 Å². The van der Waals surface area contributed by atoms with Crippen LogP contribution in [0, 0.1) is 6.92 Å². The number of nitrogens with one attached hydrogen (secondary N) is 1. The van der Waals surface area contributed by atoms with E-state index < -0.39 is 0 Å². The summed E-state index contributed by atoms with van der Waals surface area (Å²) >= 11 is 0. The normalized spacial score (nSPS) is 26.6. The fraction of sp³-hybridized carbons (Fsp3) is 0.700. The second-order valence-corrected chi connectivity index (χ2v) is 4.39. The van der Waals surface area contributed by atoms with Crippen LogP contribution in [0.25, 0.3) is 0 Å². The van der Waals surface area contributed by atoms with Gasteiger partial charge < -0.3 is 10.6 Å². The van der Waals surface area contributed by atoms with Crippen molar-refractivity contribution in [3.63, 3.8) is 0 Å². The maximum atomic E-state index is 6.01. The van der Waals surface area contributed by atoms with Gasteiger partial charge in [-0.15, -0.1) is 0 Å². The molecule has 78 valence electrons. The monoisotopic (exact) mass is 194 g/mol. The molecule has 0 spiro atoms. The molecule has 1 aliphatic carbocycles. The maximum Gasteiger partial charge on any atom is 0.0688 e. The summed E-state index contributed by atoms with van der Waals surface area (Å²) in [6, 6.07) is 0.671. The molecule has 1 aliphatic rings. The quantitative estimate of drug-likeness (QED) is 0.688. The molecule has 2 atom stereocenters. The van der Waals surface area contributed by atoms with E-state index in [2.05, 4.69) is 36.1 Å². The van der Waals surface area contributed by atoms with E-state index >= 15 is 0 Å². The molecule has 0 aromatic carbocycles. The second kappa shape index (κ2) is 3.37. The third-order valence-electron chi connectivity index (χ3n) is 3.01. The number of fused-ring (bicyclic) bond motifs is 1. The first-order chi connectivity index (χ1) is 6.59. The van der Waals surface area contributed by atoms with Crippen molar-refractivity contribution in [3.8, 4) is 0 Å². The molecule has 1 aromatic rings. The largest absolute Gasteiger partial charge is 0.327 e.